The van der Waals surface area contributed by atoms with Gasteiger partial charge in [-0.2, -0.15) is 5.10 Å². The number of nitrogens with zero attached hydrogens (tertiary/aromatic N) is 3. The van der Waals surface area contributed by atoms with Gasteiger partial charge in [-0.25, -0.2) is 9.67 Å². The molecule has 0 spiro atoms. The van der Waals surface area contributed by atoms with Crippen molar-refractivity contribution in [1.29, 1.82) is 0 Å². The number of hydrogen-bond donors (Lipinski definition) is 2. The summed E-state index contributed by atoms with van der Waals surface area (Å²) in [5.74, 6) is -0.514. The van der Waals surface area contributed by atoms with Crippen molar-refractivity contribution in [3.63, 3.8) is 0 Å². The van der Waals surface area contributed by atoms with Crippen LogP contribution in [0.15, 0.2) is 54.0 Å². The molecule has 0 saturated heterocycles. The number of aryl methyl sites for hydroxylation is 1. The number of rotatable bonds is 7. The number of pyridine rings is 1. The zero-order chi connectivity index (χ0) is 21.8. The van der Waals surface area contributed by atoms with Gasteiger partial charge in [0.15, 0.2) is 5.65 Å². The van der Waals surface area contributed by atoms with Crippen molar-refractivity contribution in [3.8, 4) is 0 Å². The number of anilines is 1. The Hall–Kier alpha value is -3.52. The number of para-hydroxylation sites is 1. The normalized spacial score (nSPS) is 10.9. The van der Waals surface area contributed by atoms with E-state index in [1.165, 1.54) is 0 Å². The van der Waals surface area contributed by atoms with Crippen LogP contribution >= 0.6 is 11.3 Å². The van der Waals surface area contributed by atoms with Crippen LogP contribution in [0.5, 0.6) is 0 Å². The molecule has 2 N–H and O–H groups in total. The lowest BCUT2D eigenvalue weighted by atomic mass is 10.1. The van der Waals surface area contributed by atoms with Crippen LogP contribution < -0.4 is 10.6 Å². The molecule has 0 saturated carbocycles. The van der Waals surface area contributed by atoms with Crippen molar-refractivity contribution in [2.24, 2.45) is 0 Å². The predicted molar refractivity (Wildman–Crippen MR) is 123 cm³/mol. The van der Waals surface area contributed by atoms with E-state index in [4.69, 9.17) is 0 Å². The van der Waals surface area contributed by atoms with Crippen LogP contribution in [0.2, 0.25) is 0 Å². The average molecular weight is 434 g/mol. The number of amides is 2. The fraction of sp³-hybridized carbons (Fsp3) is 0.217. The lowest BCUT2D eigenvalue weighted by molar-refractivity contribution is 0.0954. The molecule has 0 unspecified atom stereocenters. The van der Waals surface area contributed by atoms with Gasteiger partial charge in [0.1, 0.15) is 0 Å². The summed E-state index contributed by atoms with van der Waals surface area (Å²) in [6.45, 7) is 5.02. The number of carbonyl (C=O) groups excluding carboxylic acids is 2. The second kappa shape index (κ2) is 9.09. The van der Waals surface area contributed by atoms with Gasteiger partial charge in [-0.3, -0.25) is 9.59 Å². The molecule has 0 fully saturated rings. The van der Waals surface area contributed by atoms with Crippen molar-refractivity contribution < 1.29 is 9.59 Å². The maximum absolute atomic E-state index is 13.2. The van der Waals surface area contributed by atoms with Gasteiger partial charge in [-0.05, 0) is 43.0 Å². The van der Waals surface area contributed by atoms with Gasteiger partial charge in [0, 0.05) is 17.1 Å². The van der Waals surface area contributed by atoms with Gasteiger partial charge >= 0.3 is 0 Å². The van der Waals surface area contributed by atoms with E-state index in [2.05, 4.69) is 20.7 Å². The van der Waals surface area contributed by atoms with Crippen LogP contribution in [0.3, 0.4) is 0 Å². The number of carbonyl (C=O) groups is 2. The monoisotopic (exact) mass is 433 g/mol. The number of hydrogen-bond acceptors (Lipinski definition) is 5. The highest BCUT2D eigenvalue weighted by Crippen LogP contribution is 2.23. The second-order valence-corrected chi connectivity index (χ2v) is 8.22. The van der Waals surface area contributed by atoms with Crippen LogP contribution in [-0.4, -0.2) is 33.1 Å². The molecule has 0 aliphatic carbocycles. The van der Waals surface area contributed by atoms with E-state index < -0.39 is 0 Å². The first kappa shape index (κ1) is 20.7. The molecule has 1 aromatic carbocycles. The number of nitrogens with one attached hydrogen (secondary N) is 2. The number of benzene rings is 1. The minimum Gasteiger partial charge on any atom is -0.352 e. The Labute approximate surface area is 184 Å². The summed E-state index contributed by atoms with van der Waals surface area (Å²) in [4.78, 5) is 31.4. The number of aromatic nitrogens is 3. The third kappa shape index (κ3) is 4.49. The van der Waals surface area contributed by atoms with Crippen molar-refractivity contribution in [1.82, 2.24) is 20.1 Å². The predicted octanol–water partition coefficient (Wildman–Crippen LogP) is 4.24. The molecule has 4 aromatic rings. The van der Waals surface area contributed by atoms with E-state index >= 15 is 0 Å². The van der Waals surface area contributed by atoms with Crippen molar-refractivity contribution in [2.75, 3.05) is 11.9 Å². The van der Waals surface area contributed by atoms with Crippen molar-refractivity contribution in [3.05, 3.63) is 75.7 Å². The van der Waals surface area contributed by atoms with E-state index in [1.807, 2.05) is 31.4 Å². The highest BCUT2D eigenvalue weighted by atomic mass is 32.1. The molecule has 2 amide bonds. The molecular weight excluding hydrogens is 410 g/mol. The van der Waals surface area contributed by atoms with E-state index in [9.17, 15) is 9.59 Å². The summed E-state index contributed by atoms with van der Waals surface area (Å²) < 4.78 is 1.80. The summed E-state index contributed by atoms with van der Waals surface area (Å²) in [7, 11) is 0. The SMILES string of the molecule is CCCNC(=O)c1ccccc1NC(=O)c1cc(C)nc2c1cnn2Cc1cccs1. The van der Waals surface area contributed by atoms with Gasteiger partial charge in [-0.15, -0.1) is 11.3 Å². The topological polar surface area (TPSA) is 88.9 Å². The second-order valence-electron chi connectivity index (χ2n) is 7.19. The first-order valence-electron chi connectivity index (χ1n) is 10.1. The first-order valence-corrected chi connectivity index (χ1v) is 11.0. The zero-order valence-corrected chi connectivity index (χ0v) is 18.2. The quantitative estimate of drug-likeness (QED) is 0.456. The van der Waals surface area contributed by atoms with Crippen LogP contribution in [0.4, 0.5) is 5.69 Å². The molecule has 0 radical (unpaired) electrons. The maximum Gasteiger partial charge on any atom is 0.256 e. The summed E-state index contributed by atoms with van der Waals surface area (Å²) in [6, 6.07) is 12.8. The number of thiophene rings is 1. The third-order valence-electron chi connectivity index (χ3n) is 4.82. The van der Waals surface area contributed by atoms with Crippen LogP contribution in [0, 0.1) is 6.92 Å². The molecule has 7 nitrogen and oxygen atoms in total. The van der Waals surface area contributed by atoms with Crippen LogP contribution in [-0.2, 0) is 6.54 Å². The minimum atomic E-state index is -0.304. The Morgan fingerprint density at radius 1 is 1.10 bits per heavy atom. The van der Waals surface area contributed by atoms with Gasteiger partial charge in [-0.1, -0.05) is 25.1 Å². The standard InChI is InChI=1S/C23H23N5O2S/c1-3-10-24-22(29)17-8-4-5-9-20(17)27-23(30)18-12-15(2)26-21-19(18)13-25-28(21)14-16-7-6-11-31-16/h4-9,11-13H,3,10,14H2,1-2H3,(H,24,29)(H,27,30). The summed E-state index contributed by atoms with van der Waals surface area (Å²) in [5, 5.41) is 12.9. The number of fused-ring (bicyclic) bond motifs is 1. The first-order chi connectivity index (χ1) is 15.1. The minimum absolute atomic E-state index is 0.211. The molecule has 0 aliphatic rings. The lowest BCUT2D eigenvalue weighted by Crippen LogP contribution is -2.25. The van der Waals surface area contributed by atoms with Gasteiger partial charge in [0.05, 0.1) is 34.9 Å². The molecule has 0 bridgehead atoms. The maximum atomic E-state index is 13.2. The highest BCUT2D eigenvalue weighted by Gasteiger charge is 2.18. The molecule has 4 rings (SSSR count). The van der Waals surface area contributed by atoms with Crippen molar-refractivity contribution in [2.45, 2.75) is 26.8 Å². The van der Waals surface area contributed by atoms with Crippen molar-refractivity contribution >= 4 is 39.9 Å². The summed E-state index contributed by atoms with van der Waals surface area (Å²) >= 11 is 1.65. The Bertz CT molecular complexity index is 1230. The fourth-order valence-corrected chi connectivity index (χ4v) is 4.03. The fourth-order valence-electron chi connectivity index (χ4n) is 3.34. The van der Waals surface area contributed by atoms with Crippen LogP contribution in [0.1, 0.15) is 44.6 Å². The molecule has 8 heteroatoms. The summed E-state index contributed by atoms with van der Waals surface area (Å²) in [5.41, 5.74) is 2.75. The third-order valence-corrected chi connectivity index (χ3v) is 5.68. The van der Waals surface area contributed by atoms with E-state index in [1.54, 1.807) is 52.5 Å². The Morgan fingerprint density at radius 2 is 1.94 bits per heavy atom. The van der Waals surface area contributed by atoms with Gasteiger partial charge < -0.3 is 10.6 Å². The van der Waals surface area contributed by atoms with Crippen LogP contribution in [0.25, 0.3) is 11.0 Å². The zero-order valence-electron chi connectivity index (χ0n) is 17.4. The molecule has 0 aliphatic heterocycles. The smallest absolute Gasteiger partial charge is 0.256 e. The Morgan fingerprint density at radius 3 is 2.71 bits per heavy atom. The molecule has 3 heterocycles. The van der Waals surface area contributed by atoms with Gasteiger partial charge in [0.2, 0.25) is 0 Å². The molecule has 3 aromatic heterocycles. The Balaban J connectivity index is 1.65. The average Bonchev–Trinajstić information content (AvgIpc) is 3.42. The molecule has 0 atom stereocenters. The largest absolute Gasteiger partial charge is 0.352 e. The molecule has 158 valence electrons. The highest BCUT2D eigenvalue weighted by molar-refractivity contribution is 7.09. The lowest BCUT2D eigenvalue weighted by Gasteiger charge is -2.12. The Kier molecular flexibility index (Phi) is 6.08. The summed E-state index contributed by atoms with van der Waals surface area (Å²) in [6.07, 6.45) is 2.51. The van der Waals surface area contributed by atoms with E-state index in [0.717, 1.165) is 17.0 Å². The molecule has 31 heavy (non-hydrogen) atoms. The van der Waals surface area contributed by atoms with Gasteiger partial charge in [0.25, 0.3) is 11.8 Å². The van der Waals surface area contributed by atoms with E-state index in [0.29, 0.717) is 40.9 Å². The van der Waals surface area contributed by atoms with E-state index in [-0.39, 0.29) is 11.8 Å². The molecular formula is C23H23N5O2S.